The molecule has 2 aromatic rings. The summed E-state index contributed by atoms with van der Waals surface area (Å²) in [5.41, 5.74) is 0. The summed E-state index contributed by atoms with van der Waals surface area (Å²) < 4.78 is 65.9. The summed E-state index contributed by atoms with van der Waals surface area (Å²) in [7, 11) is 1.29. The van der Waals surface area contributed by atoms with Crippen LogP contribution in [0.3, 0.4) is 0 Å². The van der Waals surface area contributed by atoms with E-state index >= 15 is 0 Å². The Balaban J connectivity index is 0.00000338. The highest BCUT2D eigenvalue weighted by Gasteiger charge is 2.38. The van der Waals surface area contributed by atoms with Crippen molar-refractivity contribution in [3.8, 4) is 10.7 Å². The second-order valence-corrected chi connectivity index (χ2v) is 5.63. The Bertz CT molecular complexity index is 724. The molecule has 0 saturated heterocycles. The van der Waals surface area contributed by atoms with Crippen LogP contribution in [0.15, 0.2) is 16.7 Å². The third-order valence-corrected chi connectivity index (χ3v) is 3.71. The number of carbonyl (C=O) groups is 1. The van der Waals surface area contributed by atoms with Crippen LogP contribution in [-0.2, 0) is 17.6 Å². The highest BCUT2D eigenvalue weighted by Crippen LogP contribution is 2.32. The smallest absolute Gasteiger partial charge is 0.339 e. The molecule has 0 radical (unpaired) electrons. The van der Waals surface area contributed by atoms with E-state index in [1.54, 1.807) is 0 Å². The highest BCUT2D eigenvalue weighted by atomic mass is 32.1. The highest BCUT2D eigenvalue weighted by molar-refractivity contribution is 7.15. The van der Waals surface area contributed by atoms with Gasteiger partial charge >= 0.3 is 18.1 Å². The number of thiophene rings is 1. The first kappa shape index (κ1) is 19.1. The minimum Gasteiger partial charge on any atom is -0.339 e. The van der Waals surface area contributed by atoms with Gasteiger partial charge in [0, 0.05) is 13.4 Å². The first-order valence-electron chi connectivity index (χ1n) is 6.61. The van der Waals surface area contributed by atoms with Gasteiger partial charge in [0.2, 0.25) is 5.82 Å². The molecule has 140 valence electrons. The van der Waals surface area contributed by atoms with E-state index in [-0.39, 0.29) is 18.7 Å². The minimum atomic E-state index is -4.76. The van der Waals surface area contributed by atoms with Gasteiger partial charge in [0.25, 0.3) is 6.43 Å². The predicted molar refractivity (Wildman–Crippen MR) is 76.7 cm³/mol. The molecule has 0 atom stereocenters. The lowest BCUT2D eigenvalue weighted by molar-refractivity contribution is -0.159. The number of halogens is 5. The third-order valence-electron chi connectivity index (χ3n) is 2.65. The zero-order valence-corrected chi connectivity index (χ0v) is 13.3. The molecule has 0 saturated carbocycles. The number of aromatic nitrogens is 2. The summed E-state index contributed by atoms with van der Waals surface area (Å²) in [4.78, 5) is 20.2. The minimum absolute atomic E-state index is 0. The van der Waals surface area contributed by atoms with E-state index in [2.05, 4.69) is 20.0 Å². The van der Waals surface area contributed by atoms with Crippen LogP contribution in [0.4, 0.5) is 26.7 Å². The summed E-state index contributed by atoms with van der Waals surface area (Å²) in [6.07, 6.45) is -7.53. The normalized spacial score (nSPS) is 11.8. The SMILES string of the molecule is CNC(=O)N(Cc1ccc(-c2noc(C(F)(F)F)n2)s1)OCC(F)F.[HH]. The molecule has 13 heteroatoms. The van der Waals surface area contributed by atoms with Crippen LogP contribution in [0, 0.1) is 0 Å². The van der Waals surface area contributed by atoms with Crippen molar-refractivity contribution < 1.29 is 37.5 Å². The molecular formula is C12H13F5N4O3S. The van der Waals surface area contributed by atoms with Crippen molar-refractivity contribution in [2.75, 3.05) is 13.7 Å². The Labute approximate surface area is 142 Å². The van der Waals surface area contributed by atoms with Crippen LogP contribution >= 0.6 is 11.3 Å². The van der Waals surface area contributed by atoms with Crippen molar-refractivity contribution in [1.29, 1.82) is 0 Å². The summed E-state index contributed by atoms with van der Waals surface area (Å²) in [5.74, 6) is -1.76. The van der Waals surface area contributed by atoms with Crippen LogP contribution in [0.5, 0.6) is 0 Å². The topological polar surface area (TPSA) is 80.5 Å². The van der Waals surface area contributed by atoms with Gasteiger partial charge in [-0.3, -0.25) is 4.84 Å². The number of hydrogen-bond acceptors (Lipinski definition) is 6. The molecule has 0 bridgehead atoms. The van der Waals surface area contributed by atoms with Crippen molar-refractivity contribution in [3.05, 3.63) is 22.9 Å². The monoisotopic (exact) mass is 388 g/mol. The van der Waals surface area contributed by atoms with Crippen molar-refractivity contribution in [2.45, 2.75) is 19.1 Å². The molecule has 1 N–H and O–H groups in total. The number of urea groups is 1. The first-order valence-corrected chi connectivity index (χ1v) is 7.42. The van der Waals surface area contributed by atoms with E-state index in [0.717, 1.165) is 11.3 Å². The quantitative estimate of drug-likeness (QED) is 0.606. The maximum Gasteiger partial charge on any atom is 0.471 e. The zero-order valence-electron chi connectivity index (χ0n) is 12.5. The molecular weight excluding hydrogens is 375 g/mol. The Hall–Kier alpha value is -2.28. The summed E-state index contributed by atoms with van der Waals surface area (Å²) >= 11 is 0.959. The van der Waals surface area contributed by atoms with E-state index in [1.165, 1.54) is 19.2 Å². The van der Waals surface area contributed by atoms with Crippen LogP contribution in [-0.4, -0.2) is 41.3 Å². The van der Waals surface area contributed by atoms with Gasteiger partial charge in [-0.05, 0) is 12.1 Å². The standard InChI is InChI=1S/C12H11F5N4O3S.H2/c1-18-11(22)21(23-5-8(13)14)4-6-2-3-7(25-6)9-19-10(24-20-9)12(15,16)17;/h2-3,8H,4-5H2,1H3,(H,18,22);1H. The van der Waals surface area contributed by atoms with Gasteiger partial charge in [-0.25, -0.2) is 13.6 Å². The molecule has 2 amide bonds. The second kappa shape index (κ2) is 7.74. The molecule has 7 nitrogen and oxygen atoms in total. The van der Waals surface area contributed by atoms with Crippen molar-refractivity contribution in [3.63, 3.8) is 0 Å². The molecule has 0 spiro atoms. The number of amides is 2. The van der Waals surface area contributed by atoms with Gasteiger partial charge in [-0.2, -0.15) is 23.2 Å². The summed E-state index contributed by atoms with van der Waals surface area (Å²) in [6, 6.07) is 2.14. The van der Waals surface area contributed by atoms with Crippen LogP contribution < -0.4 is 5.32 Å². The van der Waals surface area contributed by atoms with Gasteiger partial charge in [-0.15, -0.1) is 11.3 Å². The number of rotatable bonds is 6. The molecule has 25 heavy (non-hydrogen) atoms. The van der Waals surface area contributed by atoms with Crippen LogP contribution in [0.1, 0.15) is 12.2 Å². The van der Waals surface area contributed by atoms with Gasteiger partial charge in [0.15, 0.2) is 0 Å². The fourth-order valence-electron chi connectivity index (χ4n) is 1.61. The average molecular weight is 388 g/mol. The Morgan fingerprint density at radius 2 is 2.20 bits per heavy atom. The lowest BCUT2D eigenvalue weighted by atomic mass is 10.4. The van der Waals surface area contributed by atoms with Crippen LogP contribution in [0.2, 0.25) is 0 Å². The number of nitrogens with one attached hydrogen (secondary N) is 1. The van der Waals surface area contributed by atoms with Gasteiger partial charge < -0.3 is 9.84 Å². The van der Waals surface area contributed by atoms with Gasteiger partial charge in [0.05, 0.1) is 11.4 Å². The van der Waals surface area contributed by atoms with E-state index in [4.69, 9.17) is 4.84 Å². The Kier molecular flexibility index (Phi) is 5.89. The van der Waals surface area contributed by atoms with Crippen molar-refractivity contribution >= 4 is 17.4 Å². The number of hydroxylamine groups is 2. The van der Waals surface area contributed by atoms with E-state index in [9.17, 15) is 26.7 Å². The van der Waals surface area contributed by atoms with E-state index < -0.39 is 31.1 Å². The molecule has 0 aromatic carbocycles. The largest absolute Gasteiger partial charge is 0.471 e. The number of carbonyl (C=O) groups excluding carboxylic acids is 1. The van der Waals surface area contributed by atoms with Crippen molar-refractivity contribution in [2.24, 2.45) is 0 Å². The molecule has 0 aliphatic rings. The molecule has 0 aliphatic carbocycles. The van der Waals surface area contributed by atoms with E-state index in [1.807, 2.05) is 0 Å². The van der Waals surface area contributed by atoms with Crippen LogP contribution in [0.25, 0.3) is 10.7 Å². The second-order valence-electron chi connectivity index (χ2n) is 4.47. The lowest BCUT2D eigenvalue weighted by Crippen LogP contribution is -2.38. The van der Waals surface area contributed by atoms with Gasteiger partial charge in [-0.1, -0.05) is 5.16 Å². The molecule has 2 heterocycles. The van der Waals surface area contributed by atoms with E-state index in [0.29, 0.717) is 9.94 Å². The zero-order chi connectivity index (χ0) is 18.6. The lowest BCUT2D eigenvalue weighted by Gasteiger charge is -2.20. The maximum atomic E-state index is 12.5. The number of hydrogen-bond donors (Lipinski definition) is 1. The van der Waals surface area contributed by atoms with Gasteiger partial charge in [0.1, 0.15) is 6.61 Å². The number of nitrogens with zero attached hydrogens (tertiary/aromatic N) is 3. The summed E-state index contributed by atoms with van der Waals surface area (Å²) in [6.45, 7) is -1.17. The third kappa shape index (κ3) is 5.09. The number of alkyl halides is 5. The summed E-state index contributed by atoms with van der Waals surface area (Å²) in [5, 5.41) is 6.14. The predicted octanol–water partition coefficient (Wildman–Crippen LogP) is 3.40. The molecule has 0 fully saturated rings. The molecule has 2 rings (SSSR count). The van der Waals surface area contributed by atoms with Crippen molar-refractivity contribution in [1.82, 2.24) is 20.5 Å². The fraction of sp³-hybridized carbons (Fsp3) is 0.417. The average Bonchev–Trinajstić information content (AvgIpc) is 3.18. The maximum absolute atomic E-state index is 12.5. The molecule has 0 unspecified atom stereocenters. The molecule has 0 aliphatic heterocycles. The first-order chi connectivity index (χ1) is 11.7. The Morgan fingerprint density at radius 1 is 1.48 bits per heavy atom. The Morgan fingerprint density at radius 3 is 2.76 bits per heavy atom. The molecule has 2 aromatic heterocycles. The fourth-order valence-corrected chi connectivity index (χ4v) is 2.52.